The number of ether oxygens (including phenoxy) is 3. The summed E-state index contributed by atoms with van der Waals surface area (Å²) in [4.78, 5) is 35.3. The second-order valence-electron chi connectivity index (χ2n) is 6.32. The zero-order valence-electron chi connectivity index (χ0n) is 17.6. The fourth-order valence-corrected chi connectivity index (χ4v) is 2.50. The van der Waals surface area contributed by atoms with E-state index in [1.807, 2.05) is 24.3 Å². The van der Waals surface area contributed by atoms with Gasteiger partial charge in [0.25, 0.3) is 5.91 Å². The number of carbonyl (C=O) groups is 3. The van der Waals surface area contributed by atoms with Crippen molar-refractivity contribution >= 4 is 24.0 Å². The first-order valence-electron chi connectivity index (χ1n) is 9.84. The Balaban J connectivity index is 1.66. The van der Waals surface area contributed by atoms with Gasteiger partial charge in [-0.1, -0.05) is 12.1 Å². The maximum atomic E-state index is 12.1. The number of hydrogen-bond acceptors (Lipinski definition) is 6. The highest BCUT2D eigenvalue weighted by atomic mass is 16.7. The zero-order chi connectivity index (χ0) is 22.5. The van der Waals surface area contributed by atoms with Gasteiger partial charge in [0.1, 0.15) is 11.5 Å². The molecule has 164 valence electrons. The summed E-state index contributed by atoms with van der Waals surface area (Å²) >= 11 is 0. The minimum Gasteiger partial charge on any atom is -0.497 e. The lowest BCUT2D eigenvalue weighted by Gasteiger charge is -2.07. The number of carbonyl (C=O) groups excluding carboxylic acids is 3. The van der Waals surface area contributed by atoms with Crippen molar-refractivity contribution in [1.29, 1.82) is 0 Å². The first-order chi connectivity index (χ1) is 15.0. The Kier molecular flexibility index (Phi) is 9.61. The van der Waals surface area contributed by atoms with Crippen LogP contribution in [0, 0.1) is 0 Å². The lowest BCUT2D eigenvalue weighted by Crippen LogP contribution is -2.29. The summed E-state index contributed by atoms with van der Waals surface area (Å²) in [7, 11) is 1.59. The van der Waals surface area contributed by atoms with Crippen LogP contribution in [0.3, 0.4) is 0 Å². The van der Waals surface area contributed by atoms with E-state index in [-0.39, 0.29) is 18.4 Å². The van der Waals surface area contributed by atoms with Crippen LogP contribution < -0.4 is 20.1 Å². The van der Waals surface area contributed by atoms with Crippen LogP contribution >= 0.6 is 0 Å². The average molecular weight is 426 g/mol. The number of amides is 2. The maximum Gasteiger partial charge on any atom is 0.513 e. The third-order valence-corrected chi connectivity index (χ3v) is 4.04. The molecule has 0 aliphatic heterocycles. The summed E-state index contributed by atoms with van der Waals surface area (Å²) in [5.41, 5.74) is 1.29. The molecule has 0 aliphatic carbocycles. The van der Waals surface area contributed by atoms with E-state index in [1.54, 1.807) is 32.2 Å². The van der Waals surface area contributed by atoms with Crippen LogP contribution in [0.4, 0.5) is 4.79 Å². The van der Waals surface area contributed by atoms with Gasteiger partial charge in [0.15, 0.2) is 0 Å². The largest absolute Gasteiger partial charge is 0.513 e. The molecule has 0 spiro atoms. The molecule has 0 unspecified atom stereocenters. The second-order valence-corrected chi connectivity index (χ2v) is 6.32. The van der Waals surface area contributed by atoms with Crippen molar-refractivity contribution in [2.45, 2.75) is 13.3 Å². The highest BCUT2D eigenvalue weighted by Gasteiger charge is 2.08. The Morgan fingerprint density at radius 2 is 1.71 bits per heavy atom. The van der Waals surface area contributed by atoms with E-state index in [4.69, 9.17) is 9.47 Å². The van der Waals surface area contributed by atoms with E-state index < -0.39 is 6.16 Å². The summed E-state index contributed by atoms with van der Waals surface area (Å²) < 4.78 is 14.8. The Labute approximate surface area is 181 Å². The number of methoxy groups -OCH3 is 1. The molecule has 2 N–H and O–H groups in total. The molecule has 8 heteroatoms. The second kappa shape index (κ2) is 12.7. The smallest absolute Gasteiger partial charge is 0.497 e. The summed E-state index contributed by atoms with van der Waals surface area (Å²) in [5.74, 6) is 0.539. The molecule has 0 bridgehead atoms. The number of benzene rings is 2. The van der Waals surface area contributed by atoms with Crippen molar-refractivity contribution in [3.63, 3.8) is 0 Å². The van der Waals surface area contributed by atoms with Crippen LogP contribution in [0.1, 0.15) is 29.3 Å². The highest BCUT2D eigenvalue weighted by molar-refractivity contribution is 5.94. The molecule has 0 saturated carbocycles. The molecule has 8 nitrogen and oxygen atoms in total. The van der Waals surface area contributed by atoms with Crippen LogP contribution in [-0.4, -0.2) is 44.8 Å². The van der Waals surface area contributed by atoms with Crippen molar-refractivity contribution < 1.29 is 28.6 Å². The van der Waals surface area contributed by atoms with Crippen molar-refractivity contribution in [2.24, 2.45) is 0 Å². The third kappa shape index (κ3) is 8.61. The summed E-state index contributed by atoms with van der Waals surface area (Å²) in [6, 6.07) is 13.5. The molecule has 0 aliphatic rings. The van der Waals surface area contributed by atoms with E-state index in [1.165, 1.54) is 18.2 Å². The number of nitrogens with one attached hydrogen (secondary N) is 2. The van der Waals surface area contributed by atoms with Crippen LogP contribution in [-0.2, 0) is 9.53 Å². The van der Waals surface area contributed by atoms with Crippen LogP contribution in [0.25, 0.3) is 6.08 Å². The van der Waals surface area contributed by atoms with Gasteiger partial charge < -0.3 is 24.8 Å². The van der Waals surface area contributed by atoms with Gasteiger partial charge in [-0.2, -0.15) is 0 Å². The molecule has 2 amide bonds. The molecule has 2 aromatic rings. The number of rotatable bonds is 10. The van der Waals surface area contributed by atoms with Gasteiger partial charge >= 0.3 is 6.16 Å². The molecule has 0 heterocycles. The van der Waals surface area contributed by atoms with Crippen LogP contribution in [0.5, 0.6) is 11.5 Å². The molecule has 2 aromatic carbocycles. The highest BCUT2D eigenvalue weighted by Crippen LogP contribution is 2.14. The van der Waals surface area contributed by atoms with Gasteiger partial charge in [-0.25, -0.2) is 4.79 Å². The summed E-state index contributed by atoms with van der Waals surface area (Å²) in [6.07, 6.45) is 2.94. The molecule has 0 fully saturated rings. The zero-order valence-corrected chi connectivity index (χ0v) is 17.6. The molecular weight excluding hydrogens is 400 g/mol. The van der Waals surface area contributed by atoms with Crippen LogP contribution in [0.15, 0.2) is 54.6 Å². The molecule has 2 rings (SSSR count). The quantitative estimate of drug-likeness (QED) is 0.262. The van der Waals surface area contributed by atoms with Crippen molar-refractivity contribution in [1.82, 2.24) is 10.6 Å². The Morgan fingerprint density at radius 3 is 2.42 bits per heavy atom. The minimum absolute atomic E-state index is 0.216. The lowest BCUT2D eigenvalue weighted by atomic mass is 10.2. The monoisotopic (exact) mass is 426 g/mol. The molecule has 0 saturated heterocycles. The standard InChI is InChI=1S/C23H26N2O6/c1-3-30-23(28)31-19-11-9-18(10-12-19)22(27)25-15-5-14-24-21(26)13-8-17-6-4-7-20(16-17)29-2/h4,6-13,16H,3,5,14-15H2,1-2H3,(H,24,26)(H,25,27)/b13-8+. The van der Waals surface area contributed by atoms with Crippen molar-refractivity contribution in [2.75, 3.05) is 26.8 Å². The van der Waals surface area contributed by atoms with Gasteiger partial charge in [-0.3, -0.25) is 9.59 Å². The van der Waals surface area contributed by atoms with Gasteiger partial charge in [-0.05, 0) is 61.4 Å². The topological polar surface area (TPSA) is 103 Å². The van der Waals surface area contributed by atoms with E-state index >= 15 is 0 Å². The maximum absolute atomic E-state index is 12.1. The van der Waals surface area contributed by atoms with Gasteiger partial charge in [0.05, 0.1) is 13.7 Å². The molecule has 31 heavy (non-hydrogen) atoms. The summed E-state index contributed by atoms with van der Waals surface area (Å²) in [5, 5.41) is 5.53. The van der Waals surface area contributed by atoms with E-state index in [0.29, 0.717) is 30.8 Å². The van der Waals surface area contributed by atoms with E-state index in [0.717, 1.165) is 11.3 Å². The third-order valence-electron chi connectivity index (χ3n) is 4.04. The predicted molar refractivity (Wildman–Crippen MR) is 116 cm³/mol. The lowest BCUT2D eigenvalue weighted by molar-refractivity contribution is -0.116. The van der Waals surface area contributed by atoms with Crippen molar-refractivity contribution in [3.8, 4) is 11.5 Å². The fraction of sp³-hybridized carbons (Fsp3) is 0.261. The number of hydrogen-bond donors (Lipinski definition) is 2. The Morgan fingerprint density at radius 1 is 0.968 bits per heavy atom. The Hall–Kier alpha value is -3.81. The van der Waals surface area contributed by atoms with Crippen LogP contribution in [0.2, 0.25) is 0 Å². The first-order valence-corrected chi connectivity index (χ1v) is 9.84. The minimum atomic E-state index is -0.792. The fourth-order valence-electron chi connectivity index (χ4n) is 2.50. The van der Waals surface area contributed by atoms with Gasteiger partial charge in [-0.15, -0.1) is 0 Å². The van der Waals surface area contributed by atoms with E-state index in [2.05, 4.69) is 15.4 Å². The average Bonchev–Trinajstić information content (AvgIpc) is 2.78. The molecule has 0 radical (unpaired) electrons. The van der Waals surface area contributed by atoms with E-state index in [9.17, 15) is 14.4 Å². The predicted octanol–water partition coefficient (Wildman–Crippen LogP) is 3.18. The van der Waals surface area contributed by atoms with Gasteiger partial charge in [0, 0.05) is 24.7 Å². The molecule has 0 atom stereocenters. The summed E-state index contributed by atoms with van der Waals surface area (Å²) in [6.45, 7) is 2.73. The van der Waals surface area contributed by atoms with Gasteiger partial charge in [0.2, 0.25) is 5.91 Å². The molecule has 0 aromatic heterocycles. The Bertz CT molecular complexity index is 909. The normalized spacial score (nSPS) is 10.4. The first kappa shape index (κ1) is 23.5. The van der Waals surface area contributed by atoms with Crippen molar-refractivity contribution in [3.05, 3.63) is 65.7 Å². The SMILES string of the molecule is CCOC(=O)Oc1ccc(C(=O)NCCCNC(=O)/C=C/c2cccc(OC)c2)cc1. The molecular formula is C23H26N2O6.